The van der Waals surface area contributed by atoms with E-state index < -0.39 is 23.4 Å². The molecule has 2 rings (SSSR count). The van der Waals surface area contributed by atoms with Crippen molar-refractivity contribution >= 4 is 29.3 Å². The summed E-state index contributed by atoms with van der Waals surface area (Å²) in [7, 11) is 2.89. The van der Waals surface area contributed by atoms with E-state index in [0.717, 1.165) is 6.07 Å². The highest BCUT2D eigenvalue weighted by Gasteiger charge is 2.18. The highest BCUT2D eigenvalue weighted by Crippen LogP contribution is 2.29. The molecule has 0 radical (unpaired) electrons. The number of carbonyl (C=O) groups excluding carboxylic acids is 3. The van der Waals surface area contributed by atoms with E-state index in [1.54, 1.807) is 20.8 Å². The standard InChI is InChI=1S/C22H26FN3O6/c1-22(2,3)32-21(29)26-16-11-14(7-8-15(16)23)25-20(28)13-6-9-17(18(10-13)30-5)31-12-19(27)24-4/h6-11H,12H2,1-5H3,(H,24,27)(H,25,28)(H,26,29). The van der Waals surface area contributed by atoms with Crippen molar-refractivity contribution in [2.24, 2.45) is 0 Å². The number of likely N-dealkylation sites (N-methyl/N-ethyl adjacent to an activating group) is 1. The number of anilines is 2. The van der Waals surface area contributed by atoms with E-state index in [4.69, 9.17) is 14.2 Å². The molecule has 2 aromatic carbocycles. The molecule has 2 aromatic rings. The van der Waals surface area contributed by atoms with Crippen molar-refractivity contribution in [3.8, 4) is 11.5 Å². The van der Waals surface area contributed by atoms with E-state index >= 15 is 0 Å². The first-order chi connectivity index (χ1) is 15.0. The third kappa shape index (κ3) is 7.15. The molecule has 0 aliphatic carbocycles. The lowest BCUT2D eigenvalue weighted by Crippen LogP contribution is -2.27. The van der Waals surface area contributed by atoms with E-state index in [1.165, 1.54) is 44.5 Å². The zero-order chi connectivity index (χ0) is 23.9. The van der Waals surface area contributed by atoms with Crippen molar-refractivity contribution < 1.29 is 33.0 Å². The Morgan fingerprint density at radius 3 is 2.34 bits per heavy atom. The van der Waals surface area contributed by atoms with E-state index in [2.05, 4.69) is 16.0 Å². The maximum atomic E-state index is 14.1. The number of hydrogen-bond acceptors (Lipinski definition) is 6. The minimum atomic E-state index is -0.822. The van der Waals surface area contributed by atoms with Crippen LogP contribution < -0.4 is 25.4 Å². The summed E-state index contributed by atoms with van der Waals surface area (Å²) in [4.78, 5) is 35.9. The third-order valence-electron chi connectivity index (χ3n) is 3.92. The van der Waals surface area contributed by atoms with Crippen molar-refractivity contribution in [1.82, 2.24) is 5.32 Å². The van der Waals surface area contributed by atoms with Crippen LogP contribution in [0.25, 0.3) is 0 Å². The summed E-state index contributed by atoms with van der Waals surface area (Å²) < 4.78 is 29.8. The van der Waals surface area contributed by atoms with Crippen LogP contribution >= 0.6 is 0 Å². The summed E-state index contributed by atoms with van der Waals surface area (Å²) in [6.07, 6.45) is -0.822. The molecule has 0 aromatic heterocycles. The van der Waals surface area contributed by atoms with Gasteiger partial charge in [0.05, 0.1) is 12.8 Å². The van der Waals surface area contributed by atoms with Gasteiger partial charge in [0.1, 0.15) is 11.4 Å². The number of halogens is 1. The quantitative estimate of drug-likeness (QED) is 0.598. The molecule has 0 spiro atoms. The summed E-state index contributed by atoms with van der Waals surface area (Å²) >= 11 is 0. The van der Waals surface area contributed by atoms with Crippen molar-refractivity contribution in [2.45, 2.75) is 26.4 Å². The Bertz CT molecular complexity index is 1000. The molecule has 3 N–H and O–H groups in total. The van der Waals surface area contributed by atoms with Crippen LogP contribution in [0.5, 0.6) is 11.5 Å². The molecule has 3 amide bonds. The normalized spacial score (nSPS) is 10.7. The largest absolute Gasteiger partial charge is 0.493 e. The predicted molar refractivity (Wildman–Crippen MR) is 117 cm³/mol. The highest BCUT2D eigenvalue weighted by atomic mass is 19.1. The van der Waals surface area contributed by atoms with Gasteiger partial charge in [-0.1, -0.05) is 0 Å². The highest BCUT2D eigenvalue weighted by molar-refractivity contribution is 6.05. The lowest BCUT2D eigenvalue weighted by atomic mass is 10.1. The topological polar surface area (TPSA) is 115 Å². The number of hydrogen-bond donors (Lipinski definition) is 3. The first kappa shape index (κ1) is 24.4. The number of benzene rings is 2. The van der Waals surface area contributed by atoms with Gasteiger partial charge in [-0.3, -0.25) is 14.9 Å². The van der Waals surface area contributed by atoms with Crippen LogP contribution in [0.15, 0.2) is 36.4 Å². The Labute approximate surface area is 185 Å². The molecule has 0 saturated carbocycles. The van der Waals surface area contributed by atoms with Gasteiger partial charge in [-0.15, -0.1) is 0 Å². The molecule has 0 fully saturated rings. The van der Waals surface area contributed by atoms with Crippen LogP contribution in [0.4, 0.5) is 20.6 Å². The van der Waals surface area contributed by atoms with Crippen LogP contribution in [0.2, 0.25) is 0 Å². The number of carbonyl (C=O) groups is 3. The summed E-state index contributed by atoms with van der Waals surface area (Å²) in [5.74, 6) is -0.962. The molecular weight excluding hydrogens is 421 g/mol. The van der Waals surface area contributed by atoms with Crippen LogP contribution in [-0.2, 0) is 9.53 Å². The van der Waals surface area contributed by atoms with Gasteiger partial charge in [0.2, 0.25) is 0 Å². The van der Waals surface area contributed by atoms with Crippen LogP contribution in [-0.4, -0.2) is 44.3 Å². The molecule has 0 aliphatic heterocycles. The molecule has 172 valence electrons. The smallest absolute Gasteiger partial charge is 0.412 e. The maximum absolute atomic E-state index is 14.1. The molecular formula is C22H26FN3O6. The van der Waals surface area contributed by atoms with Gasteiger partial charge in [-0.05, 0) is 57.2 Å². The van der Waals surface area contributed by atoms with E-state index in [1.807, 2.05) is 0 Å². The third-order valence-corrected chi connectivity index (χ3v) is 3.92. The Hall–Kier alpha value is -3.82. The lowest BCUT2D eigenvalue weighted by molar-refractivity contribution is -0.122. The van der Waals surface area contributed by atoms with Crippen LogP contribution in [0, 0.1) is 5.82 Å². The molecule has 0 bridgehead atoms. The van der Waals surface area contributed by atoms with Crippen LogP contribution in [0.3, 0.4) is 0 Å². The van der Waals surface area contributed by atoms with E-state index in [0.29, 0.717) is 5.75 Å². The van der Waals surface area contributed by atoms with Gasteiger partial charge >= 0.3 is 6.09 Å². The number of amides is 3. The zero-order valence-electron chi connectivity index (χ0n) is 18.5. The van der Waals surface area contributed by atoms with Gasteiger partial charge < -0.3 is 24.8 Å². The Balaban J connectivity index is 2.13. The monoisotopic (exact) mass is 447 g/mol. The zero-order valence-corrected chi connectivity index (χ0v) is 18.5. The first-order valence-corrected chi connectivity index (χ1v) is 9.64. The molecule has 9 nitrogen and oxygen atoms in total. The molecule has 32 heavy (non-hydrogen) atoms. The number of methoxy groups -OCH3 is 1. The predicted octanol–water partition coefficient (Wildman–Crippen LogP) is 3.56. The van der Waals surface area contributed by atoms with Gasteiger partial charge in [0, 0.05) is 18.3 Å². The minimum Gasteiger partial charge on any atom is -0.493 e. The van der Waals surface area contributed by atoms with E-state index in [-0.39, 0.29) is 35.2 Å². The average molecular weight is 447 g/mol. The Morgan fingerprint density at radius 1 is 1.00 bits per heavy atom. The minimum absolute atomic E-state index is 0.146. The average Bonchev–Trinajstić information content (AvgIpc) is 2.72. The Morgan fingerprint density at radius 2 is 1.72 bits per heavy atom. The summed E-state index contributed by atoms with van der Waals surface area (Å²) in [5.41, 5.74) is -0.407. The molecule has 0 saturated heterocycles. The van der Waals surface area contributed by atoms with Gasteiger partial charge in [-0.25, -0.2) is 9.18 Å². The fourth-order valence-corrected chi connectivity index (χ4v) is 2.46. The fourth-order valence-electron chi connectivity index (χ4n) is 2.46. The van der Waals surface area contributed by atoms with E-state index in [9.17, 15) is 18.8 Å². The van der Waals surface area contributed by atoms with Crippen molar-refractivity contribution in [3.63, 3.8) is 0 Å². The lowest BCUT2D eigenvalue weighted by Gasteiger charge is -2.20. The fraction of sp³-hybridized carbons (Fsp3) is 0.318. The second kappa shape index (κ2) is 10.5. The molecule has 10 heteroatoms. The van der Waals surface area contributed by atoms with Gasteiger partial charge in [-0.2, -0.15) is 0 Å². The SMILES string of the molecule is CNC(=O)COc1ccc(C(=O)Nc2ccc(F)c(NC(=O)OC(C)(C)C)c2)cc1OC. The summed E-state index contributed by atoms with van der Waals surface area (Å²) in [6.45, 7) is 4.84. The molecule has 0 atom stereocenters. The summed E-state index contributed by atoms with van der Waals surface area (Å²) in [6, 6.07) is 8.16. The van der Waals surface area contributed by atoms with Crippen LogP contribution in [0.1, 0.15) is 31.1 Å². The van der Waals surface area contributed by atoms with Crippen molar-refractivity contribution in [1.29, 1.82) is 0 Å². The molecule has 0 aliphatic rings. The van der Waals surface area contributed by atoms with Gasteiger partial charge in [0.25, 0.3) is 11.8 Å². The van der Waals surface area contributed by atoms with Crippen molar-refractivity contribution in [2.75, 3.05) is 31.4 Å². The second-order valence-corrected chi connectivity index (χ2v) is 7.60. The second-order valence-electron chi connectivity index (χ2n) is 7.60. The number of nitrogens with one attached hydrogen (secondary N) is 3. The van der Waals surface area contributed by atoms with Crippen molar-refractivity contribution in [3.05, 3.63) is 47.8 Å². The Kier molecular flexibility index (Phi) is 8.00. The molecule has 0 unspecified atom stereocenters. The maximum Gasteiger partial charge on any atom is 0.412 e. The molecule has 0 heterocycles. The summed E-state index contributed by atoms with van der Waals surface area (Å²) in [5, 5.41) is 7.37. The van der Waals surface area contributed by atoms with Gasteiger partial charge in [0.15, 0.2) is 18.1 Å². The first-order valence-electron chi connectivity index (χ1n) is 9.64. The number of ether oxygens (including phenoxy) is 3. The number of rotatable bonds is 7.